The Bertz CT molecular complexity index is 740. The third kappa shape index (κ3) is 4.41. The number of benzene rings is 1. The molecule has 1 aromatic heterocycles. The maximum absolute atomic E-state index is 12.2. The van der Waals surface area contributed by atoms with Gasteiger partial charge in [0.05, 0.1) is 24.2 Å². The molecule has 0 spiro atoms. The number of hydrogen-bond acceptors (Lipinski definition) is 3. The molecule has 0 saturated carbocycles. The smallest absolute Gasteiger partial charge is 0.305 e. The van der Waals surface area contributed by atoms with Crippen molar-refractivity contribution < 1.29 is 14.7 Å². The van der Waals surface area contributed by atoms with Crippen LogP contribution in [-0.2, 0) is 11.3 Å². The second-order valence-electron chi connectivity index (χ2n) is 5.23. The summed E-state index contributed by atoms with van der Waals surface area (Å²) in [4.78, 5) is 22.7. The monoisotopic (exact) mass is 379 g/mol. The molecule has 0 unspecified atom stereocenters. The van der Waals surface area contributed by atoms with Crippen molar-refractivity contribution in [2.45, 2.75) is 26.8 Å². The summed E-state index contributed by atoms with van der Waals surface area (Å²) in [7, 11) is 0. The Hall–Kier alpha value is -2.15. The number of rotatable bonds is 6. The van der Waals surface area contributed by atoms with E-state index >= 15 is 0 Å². The van der Waals surface area contributed by atoms with Crippen molar-refractivity contribution in [3.05, 3.63) is 51.3 Å². The zero-order valence-corrected chi connectivity index (χ0v) is 14.6. The Labute approximate surface area is 142 Å². The van der Waals surface area contributed by atoms with E-state index in [0.717, 1.165) is 15.7 Å². The van der Waals surface area contributed by atoms with Gasteiger partial charge in [-0.15, -0.1) is 0 Å². The van der Waals surface area contributed by atoms with Crippen LogP contribution in [0.1, 0.15) is 33.7 Å². The van der Waals surface area contributed by atoms with E-state index in [1.165, 1.54) is 0 Å². The number of carbonyl (C=O) groups is 2. The van der Waals surface area contributed by atoms with Crippen LogP contribution in [0.3, 0.4) is 0 Å². The first-order valence-corrected chi connectivity index (χ1v) is 7.96. The number of halogens is 1. The number of aromatic nitrogens is 2. The van der Waals surface area contributed by atoms with Crippen LogP contribution in [-0.4, -0.2) is 33.3 Å². The molecule has 1 amide bonds. The van der Waals surface area contributed by atoms with Crippen LogP contribution < -0.4 is 5.32 Å². The molecule has 2 N–H and O–H groups in total. The molecule has 2 aromatic rings. The molecule has 6 nitrogen and oxygen atoms in total. The second-order valence-corrected chi connectivity index (χ2v) is 6.15. The highest BCUT2D eigenvalue weighted by Crippen LogP contribution is 2.17. The van der Waals surface area contributed by atoms with Crippen LogP contribution in [0.25, 0.3) is 0 Å². The number of aliphatic carboxylic acids is 1. The minimum atomic E-state index is -0.941. The van der Waals surface area contributed by atoms with E-state index in [1.54, 1.807) is 11.6 Å². The maximum atomic E-state index is 12.2. The molecule has 0 aliphatic heterocycles. The first-order valence-electron chi connectivity index (χ1n) is 7.17. The molecule has 7 heteroatoms. The van der Waals surface area contributed by atoms with Gasteiger partial charge < -0.3 is 10.4 Å². The van der Waals surface area contributed by atoms with E-state index in [-0.39, 0.29) is 18.9 Å². The molecule has 2 rings (SSSR count). The van der Waals surface area contributed by atoms with Crippen LogP contribution in [0.4, 0.5) is 0 Å². The summed E-state index contributed by atoms with van der Waals surface area (Å²) in [6, 6.07) is 7.90. The third-order valence-electron chi connectivity index (χ3n) is 3.45. The van der Waals surface area contributed by atoms with Gasteiger partial charge in [-0.25, -0.2) is 0 Å². The fraction of sp³-hybridized carbons (Fsp3) is 0.312. The lowest BCUT2D eigenvalue weighted by atomic mass is 10.1. The van der Waals surface area contributed by atoms with E-state index in [1.807, 2.05) is 31.2 Å². The molecule has 122 valence electrons. The van der Waals surface area contributed by atoms with Crippen molar-refractivity contribution in [3.63, 3.8) is 0 Å². The summed E-state index contributed by atoms with van der Waals surface area (Å²) in [6.07, 6.45) is -0.101. The topological polar surface area (TPSA) is 84.2 Å². The van der Waals surface area contributed by atoms with Gasteiger partial charge in [0.15, 0.2) is 0 Å². The van der Waals surface area contributed by atoms with Gasteiger partial charge in [-0.05, 0) is 31.5 Å². The molecular weight excluding hydrogens is 362 g/mol. The Morgan fingerprint density at radius 3 is 2.74 bits per heavy atom. The van der Waals surface area contributed by atoms with Gasteiger partial charge in [-0.1, -0.05) is 28.1 Å². The fourth-order valence-corrected chi connectivity index (χ4v) is 2.81. The van der Waals surface area contributed by atoms with Gasteiger partial charge in [0, 0.05) is 16.7 Å². The summed E-state index contributed by atoms with van der Waals surface area (Å²) in [5.74, 6) is -1.23. The highest BCUT2D eigenvalue weighted by Gasteiger charge is 2.18. The van der Waals surface area contributed by atoms with Gasteiger partial charge in [-0.2, -0.15) is 5.10 Å². The molecule has 0 fully saturated rings. The number of nitrogens with one attached hydrogen (secondary N) is 1. The number of amides is 1. The maximum Gasteiger partial charge on any atom is 0.305 e. The van der Waals surface area contributed by atoms with E-state index < -0.39 is 5.97 Å². The SMILES string of the molecule is Cc1nn(Cc2cccc(Br)c2)c(C)c1C(=O)NCCC(=O)O. The van der Waals surface area contributed by atoms with Gasteiger partial charge in [-0.3, -0.25) is 14.3 Å². The first-order chi connectivity index (χ1) is 10.9. The summed E-state index contributed by atoms with van der Waals surface area (Å²) in [5, 5.41) is 15.7. The van der Waals surface area contributed by atoms with Crippen molar-refractivity contribution >= 4 is 27.8 Å². The van der Waals surface area contributed by atoms with E-state index in [2.05, 4.69) is 26.3 Å². The van der Waals surface area contributed by atoms with Crippen LogP contribution in [0.2, 0.25) is 0 Å². The number of carboxylic acid groups (broad SMARTS) is 1. The normalized spacial score (nSPS) is 10.6. The quantitative estimate of drug-likeness (QED) is 0.807. The number of carbonyl (C=O) groups excluding carboxylic acids is 1. The average molecular weight is 380 g/mol. The number of carboxylic acids is 1. The summed E-state index contributed by atoms with van der Waals surface area (Å²) in [6.45, 7) is 4.28. The molecule has 0 saturated heterocycles. The van der Waals surface area contributed by atoms with Gasteiger partial charge >= 0.3 is 5.97 Å². The lowest BCUT2D eigenvalue weighted by molar-refractivity contribution is -0.136. The van der Waals surface area contributed by atoms with Crippen LogP contribution in [0, 0.1) is 13.8 Å². The molecule has 23 heavy (non-hydrogen) atoms. The first kappa shape index (κ1) is 17.2. The number of aryl methyl sites for hydroxylation is 1. The van der Waals surface area contributed by atoms with E-state index in [0.29, 0.717) is 17.8 Å². The predicted molar refractivity (Wildman–Crippen MR) is 89.5 cm³/mol. The predicted octanol–water partition coefficient (Wildman–Crippen LogP) is 2.52. The van der Waals surface area contributed by atoms with Gasteiger partial charge in [0.2, 0.25) is 0 Å². The Balaban J connectivity index is 2.15. The van der Waals surface area contributed by atoms with Gasteiger partial charge in [0.1, 0.15) is 0 Å². The molecular formula is C16H18BrN3O3. The highest BCUT2D eigenvalue weighted by molar-refractivity contribution is 9.10. The van der Waals surface area contributed by atoms with Gasteiger partial charge in [0.25, 0.3) is 5.91 Å². The lowest BCUT2D eigenvalue weighted by Gasteiger charge is -2.07. The zero-order chi connectivity index (χ0) is 17.0. The molecule has 0 radical (unpaired) electrons. The van der Waals surface area contributed by atoms with Crippen LogP contribution in [0.5, 0.6) is 0 Å². The Morgan fingerprint density at radius 1 is 1.35 bits per heavy atom. The highest BCUT2D eigenvalue weighted by atomic mass is 79.9. The molecule has 0 aliphatic carbocycles. The largest absolute Gasteiger partial charge is 0.481 e. The summed E-state index contributed by atoms with van der Waals surface area (Å²) >= 11 is 3.44. The molecule has 1 heterocycles. The van der Waals surface area contributed by atoms with E-state index in [9.17, 15) is 9.59 Å². The lowest BCUT2D eigenvalue weighted by Crippen LogP contribution is -2.27. The van der Waals surface area contributed by atoms with Crippen LogP contribution >= 0.6 is 15.9 Å². The fourth-order valence-electron chi connectivity index (χ4n) is 2.36. The third-order valence-corrected chi connectivity index (χ3v) is 3.95. The summed E-state index contributed by atoms with van der Waals surface area (Å²) < 4.78 is 2.77. The van der Waals surface area contributed by atoms with Crippen molar-refractivity contribution in [3.8, 4) is 0 Å². The molecule has 0 atom stereocenters. The second kappa shape index (κ2) is 7.41. The Kier molecular flexibility index (Phi) is 5.54. The molecule has 0 bridgehead atoms. The number of nitrogens with zero attached hydrogens (tertiary/aromatic N) is 2. The van der Waals surface area contributed by atoms with Crippen molar-refractivity contribution in [2.75, 3.05) is 6.54 Å². The standard InChI is InChI=1S/C16H18BrN3O3/c1-10-15(16(23)18-7-6-14(21)22)11(2)20(19-10)9-12-4-3-5-13(17)8-12/h3-5,8H,6-7,9H2,1-2H3,(H,18,23)(H,21,22). The average Bonchev–Trinajstić information content (AvgIpc) is 2.73. The van der Waals surface area contributed by atoms with Crippen molar-refractivity contribution in [2.24, 2.45) is 0 Å². The van der Waals surface area contributed by atoms with Crippen molar-refractivity contribution in [1.29, 1.82) is 0 Å². The van der Waals surface area contributed by atoms with E-state index in [4.69, 9.17) is 5.11 Å². The summed E-state index contributed by atoms with van der Waals surface area (Å²) in [5.41, 5.74) is 2.97. The Morgan fingerprint density at radius 2 is 2.09 bits per heavy atom. The van der Waals surface area contributed by atoms with Crippen LogP contribution in [0.15, 0.2) is 28.7 Å². The minimum absolute atomic E-state index is 0.101. The van der Waals surface area contributed by atoms with Crippen molar-refractivity contribution in [1.82, 2.24) is 15.1 Å². The minimum Gasteiger partial charge on any atom is -0.481 e. The molecule has 1 aromatic carbocycles. The zero-order valence-electron chi connectivity index (χ0n) is 13.0. The molecule has 0 aliphatic rings. The number of hydrogen-bond donors (Lipinski definition) is 2.